The molecule has 0 aromatic heterocycles. The second kappa shape index (κ2) is 5.20. The lowest BCUT2D eigenvalue weighted by Crippen LogP contribution is -2.37. The number of benzene rings is 1. The largest absolute Gasteiger partial charge is 0.312 e. The monoisotopic (exact) mass is 245 g/mol. The molecule has 84 valence electrons. The summed E-state index contributed by atoms with van der Waals surface area (Å²) in [6, 6.07) is 5.75. The van der Waals surface area contributed by atoms with Crippen LogP contribution in [0.5, 0.6) is 0 Å². The number of halogens is 2. The third-order valence-corrected chi connectivity index (χ3v) is 2.94. The highest BCUT2D eigenvalue weighted by Crippen LogP contribution is 2.25. The maximum atomic E-state index is 6.08. The van der Waals surface area contributed by atoms with Crippen LogP contribution in [0, 0.1) is 0 Å². The Bertz CT molecular complexity index is 329. The number of hydrogen-bond donors (Lipinski definition) is 1. The van der Waals surface area contributed by atoms with E-state index >= 15 is 0 Å². The highest BCUT2D eigenvalue weighted by molar-refractivity contribution is 6.42. The highest BCUT2D eigenvalue weighted by atomic mass is 35.5. The van der Waals surface area contributed by atoms with E-state index in [0.717, 1.165) is 18.5 Å². The molecule has 3 heteroatoms. The summed E-state index contributed by atoms with van der Waals surface area (Å²) >= 11 is 12.0. The van der Waals surface area contributed by atoms with Crippen molar-refractivity contribution in [1.29, 1.82) is 0 Å². The molecule has 1 nitrogen and oxygen atoms in total. The van der Waals surface area contributed by atoms with E-state index in [1.807, 2.05) is 18.2 Å². The van der Waals surface area contributed by atoms with E-state index in [2.05, 4.69) is 26.1 Å². The molecule has 0 atom stereocenters. The summed E-state index contributed by atoms with van der Waals surface area (Å²) < 4.78 is 0. The molecule has 0 aliphatic carbocycles. The SMILES string of the molecule is CC(C)(C)NCCc1cccc(Cl)c1Cl. The van der Waals surface area contributed by atoms with E-state index < -0.39 is 0 Å². The Morgan fingerprint density at radius 1 is 1.20 bits per heavy atom. The molecule has 15 heavy (non-hydrogen) atoms. The molecule has 1 aromatic rings. The standard InChI is InChI=1S/C12H17Cl2N/c1-12(2,3)15-8-7-9-5-4-6-10(13)11(9)14/h4-6,15H,7-8H2,1-3H3. The summed E-state index contributed by atoms with van der Waals surface area (Å²) in [4.78, 5) is 0. The molecule has 0 saturated carbocycles. The highest BCUT2D eigenvalue weighted by Gasteiger charge is 2.09. The molecule has 0 unspecified atom stereocenters. The normalized spacial score (nSPS) is 11.8. The lowest BCUT2D eigenvalue weighted by atomic mass is 10.1. The van der Waals surface area contributed by atoms with Crippen molar-refractivity contribution in [3.63, 3.8) is 0 Å². The number of hydrogen-bond acceptors (Lipinski definition) is 1. The van der Waals surface area contributed by atoms with Gasteiger partial charge in [0.15, 0.2) is 0 Å². The summed E-state index contributed by atoms with van der Waals surface area (Å²) in [7, 11) is 0. The first kappa shape index (κ1) is 12.8. The van der Waals surface area contributed by atoms with Crippen molar-refractivity contribution < 1.29 is 0 Å². The van der Waals surface area contributed by atoms with E-state index in [4.69, 9.17) is 23.2 Å². The van der Waals surface area contributed by atoms with Gasteiger partial charge in [-0.3, -0.25) is 0 Å². The first-order chi connectivity index (χ1) is 6.90. The molecule has 1 N–H and O–H groups in total. The summed E-state index contributed by atoms with van der Waals surface area (Å²) in [5.74, 6) is 0. The van der Waals surface area contributed by atoms with Crippen LogP contribution in [0.2, 0.25) is 10.0 Å². The first-order valence-corrected chi connectivity index (χ1v) is 5.84. The van der Waals surface area contributed by atoms with Crippen LogP contribution >= 0.6 is 23.2 Å². The molecule has 0 fully saturated rings. The van der Waals surface area contributed by atoms with Gasteiger partial charge in [0.05, 0.1) is 10.0 Å². The molecule has 0 spiro atoms. The quantitative estimate of drug-likeness (QED) is 0.852. The predicted octanol–water partition coefficient (Wildman–Crippen LogP) is 3.92. The molecule has 0 bridgehead atoms. The molecule has 1 rings (SSSR count). The van der Waals surface area contributed by atoms with Crippen LogP contribution in [0.25, 0.3) is 0 Å². The number of rotatable bonds is 3. The van der Waals surface area contributed by atoms with Gasteiger partial charge in [-0.1, -0.05) is 35.3 Å². The smallest absolute Gasteiger partial charge is 0.0624 e. The van der Waals surface area contributed by atoms with Gasteiger partial charge in [-0.25, -0.2) is 0 Å². The van der Waals surface area contributed by atoms with Gasteiger partial charge in [-0.05, 0) is 45.4 Å². The van der Waals surface area contributed by atoms with Crippen molar-refractivity contribution in [2.24, 2.45) is 0 Å². The Kier molecular flexibility index (Phi) is 4.45. The van der Waals surface area contributed by atoms with E-state index in [1.54, 1.807) is 0 Å². The fourth-order valence-electron chi connectivity index (χ4n) is 1.31. The Balaban J connectivity index is 2.55. The zero-order valence-electron chi connectivity index (χ0n) is 9.40. The molecular weight excluding hydrogens is 229 g/mol. The van der Waals surface area contributed by atoms with Gasteiger partial charge < -0.3 is 5.32 Å². The molecule has 0 amide bonds. The summed E-state index contributed by atoms with van der Waals surface area (Å²) in [6.07, 6.45) is 0.899. The Morgan fingerprint density at radius 2 is 1.87 bits per heavy atom. The Labute approximate surface area is 102 Å². The Hall–Kier alpha value is -0.240. The van der Waals surface area contributed by atoms with E-state index in [1.165, 1.54) is 0 Å². The van der Waals surface area contributed by atoms with Crippen molar-refractivity contribution in [3.05, 3.63) is 33.8 Å². The van der Waals surface area contributed by atoms with Gasteiger partial charge in [0.2, 0.25) is 0 Å². The minimum absolute atomic E-state index is 0.144. The van der Waals surface area contributed by atoms with E-state index in [0.29, 0.717) is 10.0 Å². The van der Waals surface area contributed by atoms with Gasteiger partial charge in [0, 0.05) is 5.54 Å². The maximum absolute atomic E-state index is 6.08. The minimum Gasteiger partial charge on any atom is -0.312 e. The average Bonchev–Trinajstić information content (AvgIpc) is 2.10. The van der Waals surface area contributed by atoms with E-state index in [-0.39, 0.29) is 5.54 Å². The van der Waals surface area contributed by atoms with Crippen molar-refractivity contribution in [1.82, 2.24) is 5.32 Å². The lowest BCUT2D eigenvalue weighted by molar-refractivity contribution is 0.429. The molecular formula is C12H17Cl2N. The van der Waals surface area contributed by atoms with Crippen molar-refractivity contribution >= 4 is 23.2 Å². The van der Waals surface area contributed by atoms with Crippen LogP contribution < -0.4 is 5.32 Å². The predicted molar refractivity (Wildman–Crippen MR) is 67.9 cm³/mol. The second-order valence-electron chi connectivity index (χ2n) is 4.64. The molecule has 1 aromatic carbocycles. The molecule has 0 aliphatic rings. The summed E-state index contributed by atoms with van der Waals surface area (Å²) in [5, 5.41) is 4.72. The van der Waals surface area contributed by atoms with Crippen LogP contribution in [0.15, 0.2) is 18.2 Å². The van der Waals surface area contributed by atoms with Crippen molar-refractivity contribution in [2.75, 3.05) is 6.54 Å². The van der Waals surface area contributed by atoms with Gasteiger partial charge in [-0.2, -0.15) is 0 Å². The lowest BCUT2D eigenvalue weighted by Gasteiger charge is -2.20. The summed E-state index contributed by atoms with van der Waals surface area (Å²) in [6.45, 7) is 7.34. The fourth-order valence-corrected chi connectivity index (χ4v) is 1.73. The molecule has 0 saturated heterocycles. The summed E-state index contributed by atoms with van der Waals surface area (Å²) in [5.41, 5.74) is 1.24. The maximum Gasteiger partial charge on any atom is 0.0624 e. The second-order valence-corrected chi connectivity index (χ2v) is 5.42. The third kappa shape index (κ3) is 4.42. The fraction of sp³-hybridized carbons (Fsp3) is 0.500. The minimum atomic E-state index is 0.144. The van der Waals surface area contributed by atoms with Gasteiger partial charge in [0.1, 0.15) is 0 Å². The first-order valence-electron chi connectivity index (χ1n) is 5.08. The molecule has 0 aliphatic heterocycles. The molecule has 0 heterocycles. The van der Waals surface area contributed by atoms with E-state index in [9.17, 15) is 0 Å². The Morgan fingerprint density at radius 3 is 2.47 bits per heavy atom. The van der Waals surface area contributed by atoms with Gasteiger partial charge >= 0.3 is 0 Å². The third-order valence-electron chi connectivity index (χ3n) is 2.08. The number of nitrogens with one attached hydrogen (secondary N) is 1. The average molecular weight is 246 g/mol. The van der Waals surface area contributed by atoms with Gasteiger partial charge in [-0.15, -0.1) is 0 Å². The van der Waals surface area contributed by atoms with Crippen LogP contribution in [-0.2, 0) is 6.42 Å². The van der Waals surface area contributed by atoms with Crippen molar-refractivity contribution in [2.45, 2.75) is 32.7 Å². The van der Waals surface area contributed by atoms with Gasteiger partial charge in [0.25, 0.3) is 0 Å². The molecule has 0 radical (unpaired) electrons. The zero-order valence-corrected chi connectivity index (χ0v) is 10.9. The van der Waals surface area contributed by atoms with Crippen LogP contribution in [-0.4, -0.2) is 12.1 Å². The van der Waals surface area contributed by atoms with Crippen LogP contribution in [0.3, 0.4) is 0 Å². The van der Waals surface area contributed by atoms with Crippen LogP contribution in [0.4, 0.5) is 0 Å². The topological polar surface area (TPSA) is 12.0 Å². The van der Waals surface area contributed by atoms with Crippen LogP contribution in [0.1, 0.15) is 26.3 Å². The zero-order chi connectivity index (χ0) is 11.5. The van der Waals surface area contributed by atoms with Crippen molar-refractivity contribution in [3.8, 4) is 0 Å².